The molecule has 0 spiro atoms. The fourth-order valence-electron chi connectivity index (χ4n) is 9.66. The normalized spacial score (nSPS) is 12.3. The molecule has 310 valence electrons. The molecule has 0 unspecified atom stereocenters. The number of benzene rings is 10. The molecule has 0 atom stereocenters. The van der Waals surface area contributed by atoms with Crippen LogP contribution in [0, 0.1) is 0 Å². The van der Waals surface area contributed by atoms with Crippen molar-refractivity contribution < 1.29 is 0 Å². The molecule has 65 heavy (non-hydrogen) atoms. The zero-order valence-electron chi connectivity index (χ0n) is 36.6. The number of fused-ring (bicyclic) bond motifs is 3. The van der Waals surface area contributed by atoms with Crippen molar-refractivity contribution >= 4 is 34.1 Å². The van der Waals surface area contributed by atoms with Gasteiger partial charge in [-0.25, -0.2) is 0 Å². The van der Waals surface area contributed by atoms with Gasteiger partial charge in [0.2, 0.25) is 0 Å². The van der Waals surface area contributed by atoms with Gasteiger partial charge in [-0.2, -0.15) is 0 Å². The predicted molar refractivity (Wildman–Crippen MR) is 275 cm³/mol. The van der Waals surface area contributed by atoms with Crippen LogP contribution in [0.25, 0.3) is 55.6 Å². The topological polar surface area (TPSA) is 6.48 Å². The second-order valence-electron chi connectivity index (χ2n) is 17.4. The van der Waals surface area contributed by atoms with Gasteiger partial charge in [0.25, 0.3) is 0 Å². The predicted octanol–water partition coefficient (Wildman–Crippen LogP) is 17.6. The van der Waals surface area contributed by atoms with Gasteiger partial charge in [-0.3, -0.25) is 0 Å². The monoisotopic (exact) mass is 832 g/mol. The first kappa shape index (κ1) is 39.6. The van der Waals surface area contributed by atoms with Crippen molar-refractivity contribution in [2.75, 3.05) is 9.80 Å². The van der Waals surface area contributed by atoms with Crippen LogP contribution in [0.15, 0.2) is 255 Å². The molecular weight excluding hydrogens is 785 g/mol. The molecule has 10 aromatic carbocycles. The summed E-state index contributed by atoms with van der Waals surface area (Å²) in [6.07, 6.45) is 0. The zero-order valence-corrected chi connectivity index (χ0v) is 36.6. The highest BCUT2D eigenvalue weighted by atomic mass is 15.1. The number of anilines is 6. The Labute approximate surface area is 383 Å². The van der Waals surface area contributed by atoms with Gasteiger partial charge in [-0.15, -0.1) is 0 Å². The number of nitrogens with zero attached hydrogens (tertiary/aromatic N) is 2. The van der Waals surface area contributed by atoms with Gasteiger partial charge >= 0.3 is 0 Å². The highest BCUT2D eigenvalue weighted by molar-refractivity contribution is 5.90. The second kappa shape index (κ2) is 16.8. The summed E-state index contributed by atoms with van der Waals surface area (Å²) in [6.45, 7) is 4.77. The first-order valence-electron chi connectivity index (χ1n) is 22.5. The van der Waals surface area contributed by atoms with Gasteiger partial charge in [0.1, 0.15) is 0 Å². The molecule has 0 radical (unpaired) electrons. The first-order chi connectivity index (χ1) is 32.0. The minimum Gasteiger partial charge on any atom is -0.310 e. The Kier molecular flexibility index (Phi) is 10.3. The third kappa shape index (κ3) is 7.60. The summed E-state index contributed by atoms with van der Waals surface area (Å²) in [5.41, 5.74) is 21.2. The third-order valence-electron chi connectivity index (χ3n) is 13.0. The van der Waals surface area contributed by atoms with Crippen LogP contribution in [0.5, 0.6) is 0 Å². The molecule has 0 amide bonds. The van der Waals surface area contributed by atoms with Crippen molar-refractivity contribution in [2.24, 2.45) is 0 Å². The summed E-state index contributed by atoms with van der Waals surface area (Å²) in [6, 6.07) is 92.5. The van der Waals surface area contributed by atoms with Crippen molar-refractivity contribution in [2.45, 2.75) is 19.3 Å². The molecule has 10 aromatic rings. The van der Waals surface area contributed by atoms with Crippen LogP contribution in [0.3, 0.4) is 0 Å². The van der Waals surface area contributed by atoms with Crippen molar-refractivity contribution in [3.05, 3.63) is 266 Å². The van der Waals surface area contributed by atoms with Crippen molar-refractivity contribution in [3.8, 4) is 55.6 Å². The van der Waals surface area contributed by atoms with E-state index in [4.69, 9.17) is 0 Å². The van der Waals surface area contributed by atoms with Crippen LogP contribution in [0.4, 0.5) is 34.1 Å². The molecule has 0 N–H and O–H groups in total. The molecule has 2 nitrogen and oxygen atoms in total. The van der Waals surface area contributed by atoms with E-state index in [0.717, 1.165) is 34.1 Å². The van der Waals surface area contributed by atoms with E-state index in [1.54, 1.807) is 0 Å². The molecule has 0 bridgehead atoms. The van der Waals surface area contributed by atoms with Crippen LogP contribution in [0.1, 0.15) is 25.0 Å². The largest absolute Gasteiger partial charge is 0.310 e. The van der Waals surface area contributed by atoms with Gasteiger partial charge in [0.15, 0.2) is 0 Å². The number of hydrogen-bond donors (Lipinski definition) is 0. The Balaban J connectivity index is 1.00. The summed E-state index contributed by atoms with van der Waals surface area (Å²) < 4.78 is 0. The van der Waals surface area contributed by atoms with Gasteiger partial charge in [0, 0.05) is 39.5 Å². The minimum atomic E-state index is -0.278. The Morgan fingerprint density at radius 3 is 0.862 bits per heavy atom. The van der Waals surface area contributed by atoms with E-state index in [1.165, 1.54) is 66.8 Å². The molecule has 0 heterocycles. The van der Waals surface area contributed by atoms with Crippen LogP contribution in [0.2, 0.25) is 0 Å². The maximum Gasteiger partial charge on any atom is 0.0467 e. The van der Waals surface area contributed by atoms with Crippen LogP contribution < -0.4 is 9.80 Å². The zero-order chi connectivity index (χ0) is 43.7. The summed E-state index contributed by atoms with van der Waals surface area (Å²) in [7, 11) is 0. The van der Waals surface area contributed by atoms with Gasteiger partial charge in [-0.05, 0) is 140 Å². The van der Waals surface area contributed by atoms with E-state index in [2.05, 4.69) is 278 Å². The van der Waals surface area contributed by atoms with Gasteiger partial charge in [0.05, 0.1) is 0 Å². The number of hydrogen-bond acceptors (Lipinski definition) is 2. The lowest BCUT2D eigenvalue weighted by Crippen LogP contribution is -2.17. The quantitative estimate of drug-likeness (QED) is 0.135. The van der Waals surface area contributed by atoms with Crippen molar-refractivity contribution in [3.63, 3.8) is 0 Å². The standard InChI is InChI=1S/C63H48N2/c1-63(2)61-43-57(64(53-33-29-49(30-34-53)45-17-7-3-8-18-45)55-27-15-25-51(41-55)47-21-11-5-12-22-47)37-39-59(61)60-40-38-58(44-62(60)63)65(54-35-31-50(32-36-54)46-19-9-4-10-20-46)56-28-16-26-52(42-56)48-23-13-6-14-24-48/h3-44H,1-2H3. The SMILES string of the molecule is CC1(C)c2cc(N(c3ccc(-c4ccccc4)cc3)c3cccc(-c4ccccc4)c3)ccc2-c2ccc(N(c3ccc(-c4ccccc4)cc3)c3cccc(-c4ccccc4)c3)cc21. The molecule has 0 fully saturated rings. The van der Waals surface area contributed by atoms with E-state index in [9.17, 15) is 0 Å². The van der Waals surface area contributed by atoms with E-state index in [-0.39, 0.29) is 5.41 Å². The summed E-state index contributed by atoms with van der Waals surface area (Å²) in [5, 5.41) is 0. The molecule has 0 aromatic heterocycles. The van der Waals surface area contributed by atoms with Crippen molar-refractivity contribution in [1.82, 2.24) is 0 Å². The third-order valence-corrected chi connectivity index (χ3v) is 13.0. The average Bonchev–Trinajstić information content (AvgIpc) is 3.60. The smallest absolute Gasteiger partial charge is 0.0467 e. The Morgan fingerprint density at radius 2 is 0.508 bits per heavy atom. The molecule has 0 saturated heterocycles. The van der Waals surface area contributed by atoms with E-state index >= 15 is 0 Å². The lowest BCUT2D eigenvalue weighted by molar-refractivity contribution is 0.660. The summed E-state index contributed by atoms with van der Waals surface area (Å²) in [4.78, 5) is 4.82. The molecular formula is C63H48N2. The maximum absolute atomic E-state index is 2.43. The van der Waals surface area contributed by atoms with Crippen LogP contribution >= 0.6 is 0 Å². The Morgan fingerprint density at radius 1 is 0.231 bits per heavy atom. The van der Waals surface area contributed by atoms with E-state index in [0.29, 0.717) is 0 Å². The van der Waals surface area contributed by atoms with E-state index in [1.807, 2.05) is 0 Å². The second-order valence-corrected chi connectivity index (χ2v) is 17.4. The fraction of sp³-hybridized carbons (Fsp3) is 0.0476. The Hall–Kier alpha value is -8.20. The average molecular weight is 833 g/mol. The molecule has 1 aliphatic rings. The number of rotatable bonds is 10. The fourth-order valence-corrected chi connectivity index (χ4v) is 9.66. The highest BCUT2D eigenvalue weighted by Crippen LogP contribution is 2.53. The lowest BCUT2D eigenvalue weighted by atomic mass is 9.82. The molecule has 2 heteroatoms. The van der Waals surface area contributed by atoms with Crippen molar-refractivity contribution in [1.29, 1.82) is 0 Å². The lowest BCUT2D eigenvalue weighted by Gasteiger charge is -2.29. The highest BCUT2D eigenvalue weighted by Gasteiger charge is 2.37. The van der Waals surface area contributed by atoms with Gasteiger partial charge < -0.3 is 9.80 Å². The van der Waals surface area contributed by atoms with E-state index < -0.39 is 0 Å². The molecule has 1 aliphatic carbocycles. The summed E-state index contributed by atoms with van der Waals surface area (Å²) in [5.74, 6) is 0. The van der Waals surface area contributed by atoms with Crippen LogP contribution in [-0.4, -0.2) is 0 Å². The Bertz CT molecular complexity index is 3030. The first-order valence-corrected chi connectivity index (χ1v) is 22.5. The molecule has 0 aliphatic heterocycles. The minimum absolute atomic E-state index is 0.278. The maximum atomic E-state index is 2.43. The molecule has 0 saturated carbocycles. The summed E-state index contributed by atoms with van der Waals surface area (Å²) >= 11 is 0. The van der Waals surface area contributed by atoms with Gasteiger partial charge in [-0.1, -0.05) is 196 Å². The molecule has 11 rings (SSSR count). The van der Waals surface area contributed by atoms with Crippen LogP contribution in [-0.2, 0) is 5.41 Å².